The molecule has 1 fully saturated rings. The zero-order valence-corrected chi connectivity index (χ0v) is 9.48. The second-order valence-corrected chi connectivity index (χ2v) is 4.08. The second kappa shape index (κ2) is 5.12. The molecule has 1 amide bonds. The Morgan fingerprint density at radius 1 is 1.62 bits per heavy atom. The fraction of sp³-hybridized carbons (Fsp3) is 0.636. The van der Waals surface area contributed by atoms with Gasteiger partial charge in [0.2, 0.25) is 5.91 Å². The highest BCUT2D eigenvalue weighted by Crippen LogP contribution is 2.14. The Morgan fingerprint density at radius 2 is 2.50 bits per heavy atom. The summed E-state index contributed by atoms with van der Waals surface area (Å²) in [4.78, 5) is 13.9. The fourth-order valence-corrected chi connectivity index (χ4v) is 2.04. The Bertz CT molecular complexity index is 337. The van der Waals surface area contributed by atoms with Crippen LogP contribution in [-0.4, -0.2) is 35.6 Å². The molecule has 5 heteroatoms. The summed E-state index contributed by atoms with van der Waals surface area (Å²) in [5, 5.41) is 6.71. The first kappa shape index (κ1) is 11.1. The van der Waals surface area contributed by atoms with Crippen molar-refractivity contribution < 1.29 is 9.32 Å². The van der Waals surface area contributed by atoms with Gasteiger partial charge in [0.25, 0.3) is 0 Å². The lowest BCUT2D eigenvalue weighted by Crippen LogP contribution is -2.43. The molecule has 1 aliphatic rings. The van der Waals surface area contributed by atoms with Crippen LogP contribution in [0.25, 0.3) is 0 Å². The van der Waals surface area contributed by atoms with Crippen LogP contribution in [0.1, 0.15) is 25.0 Å². The lowest BCUT2D eigenvalue weighted by Gasteiger charge is -2.22. The van der Waals surface area contributed by atoms with Gasteiger partial charge in [-0.05, 0) is 26.3 Å². The predicted octanol–water partition coefficient (Wildman–Crippen LogP) is 0.775. The van der Waals surface area contributed by atoms with Gasteiger partial charge >= 0.3 is 0 Å². The van der Waals surface area contributed by atoms with E-state index >= 15 is 0 Å². The third kappa shape index (κ3) is 2.41. The summed E-state index contributed by atoms with van der Waals surface area (Å²) in [7, 11) is 1.83. The van der Waals surface area contributed by atoms with Crippen molar-refractivity contribution in [3.63, 3.8) is 0 Å². The number of hydrogen-bond donors (Lipinski definition) is 1. The lowest BCUT2D eigenvalue weighted by molar-refractivity contribution is -0.133. The first-order valence-electron chi connectivity index (χ1n) is 5.67. The molecule has 1 saturated heterocycles. The molecule has 0 spiro atoms. The quantitative estimate of drug-likeness (QED) is 0.822. The van der Waals surface area contributed by atoms with Crippen molar-refractivity contribution in [2.75, 3.05) is 13.6 Å². The van der Waals surface area contributed by atoms with Crippen LogP contribution in [0.2, 0.25) is 0 Å². The van der Waals surface area contributed by atoms with E-state index in [1.54, 1.807) is 12.3 Å². The highest BCUT2D eigenvalue weighted by atomic mass is 16.5. The van der Waals surface area contributed by atoms with Crippen molar-refractivity contribution >= 4 is 5.91 Å². The van der Waals surface area contributed by atoms with Gasteiger partial charge in [0.1, 0.15) is 0 Å². The van der Waals surface area contributed by atoms with Crippen LogP contribution in [0.15, 0.2) is 16.8 Å². The highest BCUT2D eigenvalue weighted by molar-refractivity contribution is 5.82. The van der Waals surface area contributed by atoms with Gasteiger partial charge in [0.15, 0.2) is 5.76 Å². The van der Waals surface area contributed by atoms with Gasteiger partial charge in [-0.2, -0.15) is 0 Å². The number of nitrogens with one attached hydrogen (secondary N) is 1. The number of carbonyl (C=O) groups excluding carboxylic acids is 1. The number of aromatic nitrogens is 1. The number of nitrogens with zero attached hydrogens (tertiary/aromatic N) is 2. The summed E-state index contributed by atoms with van der Waals surface area (Å²) in [6.45, 7) is 1.33. The number of rotatable bonds is 3. The molecule has 16 heavy (non-hydrogen) atoms. The minimum Gasteiger partial charge on any atom is -0.360 e. The van der Waals surface area contributed by atoms with Crippen molar-refractivity contribution in [1.29, 1.82) is 0 Å². The maximum absolute atomic E-state index is 12.1. The molecular weight excluding hydrogens is 206 g/mol. The van der Waals surface area contributed by atoms with Crippen LogP contribution >= 0.6 is 0 Å². The highest BCUT2D eigenvalue weighted by Gasteiger charge is 2.26. The van der Waals surface area contributed by atoms with Crippen molar-refractivity contribution in [2.45, 2.75) is 31.8 Å². The number of likely N-dealkylation sites (N-methyl/N-ethyl adjacent to an activating group) is 1. The molecule has 2 heterocycles. The first-order valence-corrected chi connectivity index (χ1v) is 5.67. The van der Waals surface area contributed by atoms with Gasteiger partial charge in [0, 0.05) is 12.6 Å². The fourth-order valence-electron chi connectivity index (χ4n) is 2.04. The summed E-state index contributed by atoms with van der Waals surface area (Å²) in [6, 6.07) is 1.75. The van der Waals surface area contributed by atoms with E-state index in [1.807, 2.05) is 11.9 Å². The van der Waals surface area contributed by atoms with Gasteiger partial charge in [-0.1, -0.05) is 5.16 Å². The molecule has 0 radical (unpaired) electrons. The van der Waals surface area contributed by atoms with Crippen LogP contribution in [0.5, 0.6) is 0 Å². The van der Waals surface area contributed by atoms with Crippen LogP contribution in [-0.2, 0) is 11.3 Å². The molecule has 5 nitrogen and oxygen atoms in total. The van der Waals surface area contributed by atoms with E-state index < -0.39 is 0 Å². The molecule has 1 aliphatic heterocycles. The minimum absolute atomic E-state index is 0.0505. The van der Waals surface area contributed by atoms with Gasteiger partial charge in [0.05, 0.1) is 18.8 Å². The summed E-state index contributed by atoms with van der Waals surface area (Å²) in [5.41, 5.74) is 0. The zero-order valence-electron chi connectivity index (χ0n) is 9.48. The molecule has 0 bridgehead atoms. The average molecular weight is 223 g/mol. The van der Waals surface area contributed by atoms with E-state index in [-0.39, 0.29) is 11.9 Å². The lowest BCUT2D eigenvalue weighted by atomic mass is 10.1. The van der Waals surface area contributed by atoms with E-state index in [0.717, 1.165) is 31.6 Å². The third-order valence-electron chi connectivity index (χ3n) is 2.97. The van der Waals surface area contributed by atoms with E-state index in [2.05, 4.69) is 10.5 Å². The molecule has 0 aliphatic carbocycles. The van der Waals surface area contributed by atoms with Gasteiger partial charge < -0.3 is 14.7 Å². The number of likely N-dealkylation sites (tertiary alicyclic amines) is 1. The van der Waals surface area contributed by atoms with Crippen molar-refractivity contribution in [1.82, 2.24) is 15.4 Å². The number of carbonyl (C=O) groups is 1. The molecule has 1 atom stereocenters. The Kier molecular flexibility index (Phi) is 3.56. The van der Waals surface area contributed by atoms with E-state index in [0.29, 0.717) is 6.54 Å². The zero-order chi connectivity index (χ0) is 11.4. The average Bonchev–Trinajstić information content (AvgIpc) is 2.73. The monoisotopic (exact) mass is 223 g/mol. The van der Waals surface area contributed by atoms with Crippen LogP contribution in [0, 0.1) is 0 Å². The van der Waals surface area contributed by atoms with Crippen LogP contribution in [0.3, 0.4) is 0 Å². The molecule has 0 saturated carbocycles. The van der Waals surface area contributed by atoms with E-state index in [4.69, 9.17) is 4.52 Å². The number of hydrogen-bond acceptors (Lipinski definition) is 4. The summed E-state index contributed by atoms with van der Waals surface area (Å²) >= 11 is 0. The first-order chi connectivity index (χ1) is 7.81. The maximum Gasteiger partial charge on any atom is 0.240 e. The summed E-state index contributed by atoms with van der Waals surface area (Å²) in [5.74, 6) is 0.904. The molecule has 2 rings (SSSR count). The molecular formula is C11H17N3O2. The Balaban J connectivity index is 2.04. The molecule has 1 aromatic rings. The molecule has 1 N–H and O–H groups in total. The van der Waals surface area contributed by atoms with Crippen molar-refractivity contribution in [3.05, 3.63) is 18.0 Å². The Labute approximate surface area is 94.8 Å². The Morgan fingerprint density at radius 3 is 3.19 bits per heavy atom. The molecule has 0 aromatic carbocycles. The van der Waals surface area contributed by atoms with Crippen LogP contribution < -0.4 is 5.32 Å². The van der Waals surface area contributed by atoms with Crippen molar-refractivity contribution in [2.24, 2.45) is 0 Å². The standard InChI is InChI=1S/C11H17N3O2/c1-12-10-4-2-3-7-14(11(10)15)8-9-5-6-13-16-9/h5-6,10,12H,2-4,7-8H2,1H3. The smallest absolute Gasteiger partial charge is 0.240 e. The van der Waals surface area contributed by atoms with Gasteiger partial charge in [-0.3, -0.25) is 4.79 Å². The van der Waals surface area contributed by atoms with E-state index in [1.165, 1.54) is 0 Å². The number of amides is 1. The SMILES string of the molecule is CNC1CCCCN(Cc2ccno2)C1=O. The molecule has 1 unspecified atom stereocenters. The molecule has 88 valence electrons. The summed E-state index contributed by atoms with van der Waals surface area (Å²) in [6.07, 6.45) is 4.66. The van der Waals surface area contributed by atoms with Crippen molar-refractivity contribution in [3.8, 4) is 0 Å². The topological polar surface area (TPSA) is 58.4 Å². The maximum atomic E-state index is 12.1. The molecule has 1 aromatic heterocycles. The van der Waals surface area contributed by atoms with Gasteiger partial charge in [-0.15, -0.1) is 0 Å². The second-order valence-electron chi connectivity index (χ2n) is 4.08. The van der Waals surface area contributed by atoms with E-state index in [9.17, 15) is 4.79 Å². The van der Waals surface area contributed by atoms with Crippen LogP contribution in [0.4, 0.5) is 0 Å². The third-order valence-corrected chi connectivity index (χ3v) is 2.97. The largest absolute Gasteiger partial charge is 0.360 e. The summed E-state index contributed by atoms with van der Waals surface area (Å²) < 4.78 is 5.03. The predicted molar refractivity (Wildman–Crippen MR) is 58.6 cm³/mol. The normalized spacial score (nSPS) is 22.2. The van der Waals surface area contributed by atoms with Gasteiger partial charge in [-0.25, -0.2) is 0 Å². The minimum atomic E-state index is -0.0505. The Hall–Kier alpha value is -1.36.